The number of nitrogens with one attached hydrogen (secondary N) is 3. The Balaban J connectivity index is 1.36. The van der Waals surface area contributed by atoms with Gasteiger partial charge < -0.3 is 20.2 Å². The number of carbonyl (C=O) groups excluding carboxylic acids is 1. The van der Waals surface area contributed by atoms with Crippen LogP contribution in [-0.4, -0.2) is 38.2 Å². The Morgan fingerprint density at radius 2 is 1.73 bits per heavy atom. The largest absolute Gasteiger partial charge is 0.361 e. The molecule has 1 aliphatic heterocycles. The molecule has 1 amide bonds. The number of aromatic nitrogens is 4. The molecule has 210 valence electrons. The molecule has 1 saturated heterocycles. The summed E-state index contributed by atoms with van der Waals surface area (Å²) in [5.74, 6) is 1.75. The Morgan fingerprint density at radius 1 is 0.951 bits per heavy atom. The van der Waals surface area contributed by atoms with Crippen LogP contribution in [0.25, 0.3) is 10.9 Å². The summed E-state index contributed by atoms with van der Waals surface area (Å²) in [5, 5.41) is 17.4. The molecule has 3 aromatic carbocycles. The van der Waals surface area contributed by atoms with Crippen LogP contribution in [0.3, 0.4) is 0 Å². The molecule has 5 aromatic rings. The minimum Gasteiger partial charge on any atom is -0.361 e. The Kier molecular flexibility index (Phi) is 8.23. The SMILES string of the molecule is CCc1ccc(Cn2c(CCc3ccccc3)nnc2[C@@H](Cc2c[nH]c3ccccc23)NC(=O)C2CCCN2)cc1. The van der Waals surface area contributed by atoms with E-state index in [0.29, 0.717) is 13.0 Å². The molecule has 7 heteroatoms. The number of benzene rings is 3. The van der Waals surface area contributed by atoms with Crippen LogP contribution < -0.4 is 10.6 Å². The molecule has 7 nitrogen and oxygen atoms in total. The zero-order valence-corrected chi connectivity index (χ0v) is 23.6. The van der Waals surface area contributed by atoms with Crippen LogP contribution >= 0.6 is 0 Å². The normalized spacial score (nSPS) is 15.8. The van der Waals surface area contributed by atoms with Crippen molar-refractivity contribution in [3.8, 4) is 0 Å². The summed E-state index contributed by atoms with van der Waals surface area (Å²) >= 11 is 0. The summed E-state index contributed by atoms with van der Waals surface area (Å²) in [4.78, 5) is 16.8. The minimum atomic E-state index is -0.322. The van der Waals surface area contributed by atoms with Gasteiger partial charge in [-0.2, -0.15) is 0 Å². The molecule has 0 spiro atoms. The lowest BCUT2D eigenvalue weighted by Gasteiger charge is -2.22. The maximum atomic E-state index is 13.4. The van der Waals surface area contributed by atoms with Crippen LogP contribution in [0, 0.1) is 0 Å². The minimum absolute atomic E-state index is 0.0278. The first-order chi connectivity index (χ1) is 20.2. The van der Waals surface area contributed by atoms with E-state index in [0.717, 1.165) is 66.8 Å². The fourth-order valence-electron chi connectivity index (χ4n) is 5.84. The number of fused-ring (bicyclic) bond motifs is 1. The Labute approximate surface area is 241 Å². The molecule has 0 saturated carbocycles. The van der Waals surface area contributed by atoms with E-state index >= 15 is 0 Å². The van der Waals surface area contributed by atoms with Crippen molar-refractivity contribution >= 4 is 16.8 Å². The van der Waals surface area contributed by atoms with Crippen LogP contribution in [0.5, 0.6) is 0 Å². The molecule has 2 atom stereocenters. The van der Waals surface area contributed by atoms with Gasteiger partial charge in [-0.25, -0.2) is 0 Å². The summed E-state index contributed by atoms with van der Waals surface area (Å²) in [6.07, 6.45) is 7.19. The van der Waals surface area contributed by atoms with Crippen molar-refractivity contribution in [3.05, 3.63) is 119 Å². The summed E-state index contributed by atoms with van der Waals surface area (Å²) in [6.45, 7) is 3.70. The average Bonchev–Trinajstić information content (AvgIpc) is 3.78. The Hall–Kier alpha value is -4.23. The Bertz CT molecular complexity index is 1580. The van der Waals surface area contributed by atoms with Crippen molar-refractivity contribution in [2.75, 3.05) is 6.54 Å². The number of hydrogen-bond donors (Lipinski definition) is 3. The number of carbonyl (C=O) groups is 1. The van der Waals surface area contributed by atoms with Crippen molar-refractivity contribution in [2.45, 2.75) is 64.1 Å². The van der Waals surface area contributed by atoms with E-state index in [1.165, 1.54) is 16.7 Å². The Morgan fingerprint density at radius 3 is 2.51 bits per heavy atom. The van der Waals surface area contributed by atoms with Gasteiger partial charge in [0, 0.05) is 29.9 Å². The molecule has 2 aromatic heterocycles. The van der Waals surface area contributed by atoms with Gasteiger partial charge in [-0.15, -0.1) is 10.2 Å². The number of para-hydroxylation sites is 1. The van der Waals surface area contributed by atoms with Gasteiger partial charge in [0.05, 0.1) is 18.6 Å². The lowest BCUT2D eigenvalue weighted by atomic mass is 10.0. The van der Waals surface area contributed by atoms with Crippen LogP contribution in [-0.2, 0) is 37.0 Å². The third-order valence-electron chi connectivity index (χ3n) is 8.21. The van der Waals surface area contributed by atoms with Gasteiger partial charge in [0.1, 0.15) is 5.82 Å². The zero-order chi connectivity index (χ0) is 28.0. The van der Waals surface area contributed by atoms with E-state index in [4.69, 9.17) is 10.2 Å². The lowest BCUT2D eigenvalue weighted by molar-refractivity contribution is -0.123. The average molecular weight is 547 g/mol. The molecular weight excluding hydrogens is 508 g/mol. The second-order valence-corrected chi connectivity index (χ2v) is 11.0. The molecule has 41 heavy (non-hydrogen) atoms. The van der Waals surface area contributed by atoms with Gasteiger partial charge in [-0.05, 0) is 60.5 Å². The number of H-pyrrole nitrogens is 1. The number of rotatable bonds is 11. The van der Waals surface area contributed by atoms with Gasteiger partial charge in [-0.1, -0.05) is 79.7 Å². The molecule has 1 unspecified atom stereocenters. The van der Waals surface area contributed by atoms with Crippen LogP contribution in [0.4, 0.5) is 0 Å². The van der Waals surface area contributed by atoms with Crippen molar-refractivity contribution in [1.82, 2.24) is 30.4 Å². The van der Waals surface area contributed by atoms with E-state index in [1.54, 1.807) is 0 Å². The highest BCUT2D eigenvalue weighted by Gasteiger charge is 2.29. The molecule has 0 aliphatic carbocycles. The van der Waals surface area contributed by atoms with Gasteiger partial charge >= 0.3 is 0 Å². The summed E-state index contributed by atoms with van der Waals surface area (Å²) < 4.78 is 2.23. The quantitative estimate of drug-likeness (QED) is 0.210. The highest BCUT2D eigenvalue weighted by atomic mass is 16.2. The first-order valence-electron chi connectivity index (χ1n) is 14.8. The maximum Gasteiger partial charge on any atom is 0.237 e. The fraction of sp³-hybridized carbons (Fsp3) is 0.324. The fourth-order valence-corrected chi connectivity index (χ4v) is 5.84. The molecule has 1 fully saturated rings. The number of hydrogen-bond acceptors (Lipinski definition) is 4. The number of amides is 1. The van der Waals surface area contributed by atoms with Crippen molar-refractivity contribution < 1.29 is 4.79 Å². The van der Waals surface area contributed by atoms with E-state index in [2.05, 4.69) is 100 Å². The second kappa shape index (κ2) is 12.5. The predicted octanol–water partition coefficient (Wildman–Crippen LogP) is 5.31. The number of nitrogens with zero attached hydrogens (tertiary/aromatic N) is 3. The van der Waals surface area contributed by atoms with Crippen LogP contribution in [0.15, 0.2) is 85.1 Å². The highest BCUT2D eigenvalue weighted by Crippen LogP contribution is 2.26. The van der Waals surface area contributed by atoms with Gasteiger partial charge in [0.25, 0.3) is 0 Å². The summed E-state index contributed by atoms with van der Waals surface area (Å²) in [7, 11) is 0. The first-order valence-corrected chi connectivity index (χ1v) is 14.8. The van der Waals surface area contributed by atoms with Crippen LogP contribution in [0.2, 0.25) is 0 Å². The molecule has 0 radical (unpaired) electrons. The smallest absolute Gasteiger partial charge is 0.237 e. The number of aryl methyl sites for hydroxylation is 3. The lowest BCUT2D eigenvalue weighted by Crippen LogP contribution is -2.43. The summed E-state index contributed by atoms with van der Waals surface area (Å²) in [6, 6.07) is 27.1. The highest BCUT2D eigenvalue weighted by molar-refractivity contribution is 5.84. The zero-order valence-electron chi connectivity index (χ0n) is 23.6. The van der Waals surface area contributed by atoms with Gasteiger partial charge in [-0.3, -0.25) is 4.79 Å². The third-order valence-corrected chi connectivity index (χ3v) is 8.21. The number of aromatic amines is 1. The van der Waals surface area contributed by atoms with E-state index in [1.807, 2.05) is 12.1 Å². The maximum absolute atomic E-state index is 13.4. The second-order valence-electron chi connectivity index (χ2n) is 11.0. The first kappa shape index (κ1) is 27.0. The summed E-state index contributed by atoms with van der Waals surface area (Å²) in [5.41, 5.74) is 6.02. The van der Waals surface area contributed by atoms with Crippen molar-refractivity contribution in [3.63, 3.8) is 0 Å². The van der Waals surface area contributed by atoms with Gasteiger partial charge in [0.2, 0.25) is 5.91 Å². The molecule has 0 bridgehead atoms. The van der Waals surface area contributed by atoms with Crippen molar-refractivity contribution in [2.24, 2.45) is 0 Å². The molecule has 1 aliphatic rings. The topological polar surface area (TPSA) is 87.6 Å². The van der Waals surface area contributed by atoms with E-state index < -0.39 is 0 Å². The third kappa shape index (κ3) is 6.25. The monoisotopic (exact) mass is 546 g/mol. The molecule has 6 rings (SSSR count). The van der Waals surface area contributed by atoms with E-state index in [9.17, 15) is 4.79 Å². The molecule has 3 heterocycles. The molecule has 3 N–H and O–H groups in total. The molecular formula is C34H38N6O. The van der Waals surface area contributed by atoms with Crippen molar-refractivity contribution in [1.29, 1.82) is 0 Å². The van der Waals surface area contributed by atoms with Gasteiger partial charge in [0.15, 0.2) is 5.82 Å². The standard InChI is InChI=1S/C34H38N6O/c1-2-24-14-16-26(17-15-24)23-40-32(19-18-25-9-4-3-5-10-25)38-39-33(40)31(37-34(41)30-13-8-20-35-30)21-27-22-36-29-12-7-6-11-28(27)29/h3-7,9-12,14-17,22,30-31,35-36H,2,8,13,18-21,23H2,1H3,(H,37,41)/t30?,31-/m1/s1. The van der Waals surface area contributed by atoms with E-state index in [-0.39, 0.29) is 18.0 Å². The van der Waals surface area contributed by atoms with Crippen LogP contribution in [0.1, 0.15) is 59.7 Å². The predicted molar refractivity (Wildman–Crippen MR) is 163 cm³/mol.